The first-order chi connectivity index (χ1) is 9.47. The summed E-state index contributed by atoms with van der Waals surface area (Å²) in [5.74, 6) is -2.71. The summed E-state index contributed by atoms with van der Waals surface area (Å²) in [7, 11) is 0. The van der Waals surface area contributed by atoms with Crippen molar-refractivity contribution >= 4 is 17.8 Å². The van der Waals surface area contributed by atoms with Gasteiger partial charge < -0.3 is 24.7 Å². The van der Waals surface area contributed by atoms with Gasteiger partial charge in [-0.1, -0.05) is 32.6 Å². The van der Waals surface area contributed by atoms with E-state index in [1.54, 1.807) is 0 Å². The second-order valence-corrected chi connectivity index (χ2v) is 4.79. The van der Waals surface area contributed by atoms with Crippen molar-refractivity contribution in [1.29, 1.82) is 0 Å². The third kappa shape index (κ3) is 16.8. The fraction of sp³-hybridized carbons (Fsp3) is 0.786. The van der Waals surface area contributed by atoms with Crippen LogP contribution in [0.2, 0.25) is 0 Å². The minimum absolute atomic E-state index is 0. The predicted octanol–water partition coefficient (Wildman–Crippen LogP) is -6.54. The van der Waals surface area contributed by atoms with Crippen LogP contribution in [0, 0.1) is 0 Å². The molecule has 116 valence electrons. The van der Waals surface area contributed by atoms with Crippen LogP contribution in [0.25, 0.3) is 0 Å². The average Bonchev–Trinajstić information content (AvgIpc) is 2.37. The molecule has 1 amide bonds. The molecule has 0 aliphatic rings. The Hall–Kier alpha value is 0.410. The SMILES string of the molecule is CCCCCCCC(=O)N(CCC(=O)[O-])CCC(=O)[O-].[Na+].[Na+]. The summed E-state index contributed by atoms with van der Waals surface area (Å²) in [6.45, 7) is 2.08. The Bertz CT molecular complexity index is 308. The van der Waals surface area contributed by atoms with Gasteiger partial charge in [0.1, 0.15) is 0 Å². The Morgan fingerprint density at radius 1 is 0.773 bits per heavy atom. The van der Waals surface area contributed by atoms with Crippen LogP contribution in [0.1, 0.15) is 58.3 Å². The first-order valence-corrected chi connectivity index (χ1v) is 7.14. The molecule has 0 radical (unpaired) electrons. The smallest absolute Gasteiger partial charge is 0.550 e. The van der Waals surface area contributed by atoms with E-state index >= 15 is 0 Å². The number of hydrogen-bond donors (Lipinski definition) is 0. The summed E-state index contributed by atoms with van der Waals surface area (Å²) in [6, 6.07) is 0. The minimum atomic E-state index is -1.25. The van der Waals surface area contributed by atoms with E-state index < -0.39 is 11.9 Å². The van der Waals surface area contributed by atoms with E-state index in [9.17, 15) is 24.6 Å². The molecule has 22 heavy (non-hydrogen) atoms. The maximum absolute atomic E-state index is 11.9. The van der Waals surface area contributed by atoms with E-state index in [-0.39, 0.29) is 91.0 Å². The number of carboxylic acid groups (broad SMARTS) is 2. The summed E-state index contributed by atoms with van der Waals surface area (Å²) in [5, 5.41) is 20.8. The van der Waals surface area contributed by atoms with Crippen molar-refractivity contribution in [1.82, 2.24) is 4.90 Å². The van der Waals surface area contributed by atoms with E-state index in [4.69, 9.17) is 0 Å². The molecule has 0 N–H and O–H groups in total. The quantitative estimate of drug-likeness (QED) is 0.261. The molecule has 0 rings (SSSR count). The molecule has 0 aliphatic heterocycles. The fourth-order valence-corrected chi connectivity index (χ4v) is 1.85. The van der Waals surface area contributed by atoms with Crippen LogP contribution < -0.4 is 69.3 Å². The van der Waals surface area contributed by atoms with Gasteiger partial charge in [-0.15, -0.1) is 0 Å². The largest absolute Gasteiger partial charge is 1.00 e. The summed E-state index contributed by atoms with van der Waals surface area (Å²) < 4.78 is 0. The van der Waals surface area contributed by atoms with Crippen LogP contribution in [0.3, 0.4) is 0 Å². The standard InChI is InChI=1S/C14H25NO5.2Na/c1-2-3-4-5-6-7-12(16)15(10-8-13(17)18)11-9-14(19)20;;/h2-11H2,1H3,(H,17,18)(H,19,20);;/q;2*+1/p-2. The molecular weight excluding hydrogens is 308 g/mol. The molecule has 0 unspecified atom stereocenters. The van der Waals surface area contributed by atoms with Crippen LogP contribution in [0.15, 0.2) is 0 Å². The van der Waals surface area contributed by atoms with Crippen molar-refractivity contribution in [2.24, 2.45) is 0 Å². The van der Waals surface area contributed by atoms with Crippen molar-refractivity contribution in [2.75, 3.05) is 13.1 Å². The van der Waals surface area contributed by atoms with Gasteiger partial charge in [-0.3, -0.25) is 4.79 Å². The van der Waals surface area contributed by atoms with Crippen molar-refractivity contribution in [3.8, 4) is 0 Å². The number of unbranched alkanes of at least 4 members (excludes halogenated alkanes) is 4. The topological polar surface area (TPSA) is 101 Å². The number of carboxylic acids is 2. The number of aliphatic carboxylic acids is 2. The minimum Gasteiger partial charge on any atom is -0.550 e. The van der Waals surface area contributed by atoms with Gasteiger partial charge in [0.25, 0.3) is 0 Å². The number of carbonyl (C=O) groups excluding carboxylic acids is 3. The number of nitrogens with zero attached hydrogens (tertiary/aromatic N) is 1. The van der Waals surface area contributed by atoms with Gasteiger partial charge in [-0.25, -0.2) is 0 Å². The second-order valence-electron chi connectivity index (χ2n) is 4.79. The van der Waals surface area contributed by atoms with Gasteiger partial charge in [0, 0.05) is 44.3 Å². The molecule has 6 nitrogen and oxygen atoms in total. The molecule has 0 aromatic heterocycles. The monoisotopic (exact) mass is 331 g/mol. The molecule has 0 bridgehead atoms. The molecule has 0 aromatic carbocycles. The second kappa shape index (κ2) is 17.8. The molecule has 8 heteroatoms. The Morgan fingerprint density at radius 2 is 1.23 bits per heavy atom. The van der Waals surface area contributed by atoms with E-state index in [1.165, 1.54) is 4.90 Å². The Morgan fingerprint density at radius 3 is 1.64 bits per heavy atom. The van der Waals surface area contributed by atoms with Crippen LogP contribution in [-0.4, -0.2) is 35.8 Å². The zero-order valence-corrected chi connectivity index (χ0v) is 18.1. The Balaban J connectivity index is -0.00000180. The van der Waals surface area contributed by atoms with Gasteiger partial charge in [-0.05, 0) is 6.42 Å². The Kier molecular flexibility index (Phi) is 22.0. The number of hydrogen-bond acceptors (Lipinski definition) is 5. The fourth-order valence-electron chi connectivity index (χ4n) is 1.85. The summed E-state index contributed by atoms with van der Waals surface area (Å²) in [4.78, 5) is 34.0. The van der Waals surface area contributed by atoms with E-state index in [1.807, 2.05) is 0 Å². The third-order valence-corrected chi connectivity index (χ3v) is 3.02. The normalized spacial score (nSPS) is 9.32. The summed E-state index contributed by atoms with van der Waals surface area (Å²) in [5.41, 5.74) is 0. The van der Waals surface area contributed by atoms with Crippen LogP contribution in [-0.2, 0) is 14.4 Å². The molecule has 0 aromatic rings. The molecule has 0 fully saturated rings. The van der Waals surface area contributed by atoms with Crippen LogP contribution in [0.5, 0.6) is 0 Å². The first-order valence-electron chi connectivity index (χ1n) is 7.14. The van der Waals surface area contributed by atoms with Crippen LogP contribution in [0.4, 0.5) is 0 Å². The van der Waals surface area contributed by atoms with E-state index in [0.29, 0.717) is 6.42 Å². The van der Waals surface area contributed by atoms with Gasteiger partial charge >= 0.3 is 59.1 Å². The molecule has 0 saturated heterocycles. The number of rotatable bonds is 12. The number of carbonyl (C=O) groups is 3. The van der Waals surface area contributed by atoms with Crippen molar-refractivity contribution < 1.29 is 83.7 Å². The molecule has 0 atom stereocenters. The summed E-state index contributed by atoms with van der Waals surface area (Å²) >= 11 is 0. The van der Waals surface area contributed by atoms with Gasteiger partial charge in [0.05, 0.1) is 0 Å². The third-order valence-electron chi connectivity index (χ3n) is 3.02. The zero-order chi connectivity index (χ0) is 15.4. The van der Waals surface area contributed by atoms with Crippen molar-refractivity contribution in [3.05, 3.63) is 0 Å². The molecule has 0 heterocycles. The molecule has 0 saturated carbocycles. The predicted molar refractivity (Wildman–Crippen MR) is 69.2 cm³/mol. The summed E-state index contributed by atoms with van der Waals surface area (Å²) in [6.07, 6.45) is 4.78. The van der Waals surface area contributed by atoms with Gasteiger partial charge in [0.15, 0.2) is 0 Å². The number of amides is 1. The maximum atomic E-state index is 11.9. The maximum Gasteiger partial charge on any atom is 1.00 e. The first kappa shape index (κ1) is 27.3. The molecule has 0 spiro atoms. The zero-order valence-electron chi connectivity index (χ0n) is 14.1. The van der Waals surface area contributed by atoms with Crippen LogP contribution >= 0.6 is 0 Å². The Labute approximate surface area is 176 Å². The van der Waals surface area contributed by atoms with E-state index in [2.05, 4.69) is 6.92 Å². The average molecular weight is 331 g/mol. The molecule has 0 aliphatic carbocycles. The van der Waals surface area contributed by atoms with Gasteiger partial charge in [0.2, 0.25) is 5.91 Å². The molecular formula is C14H23NNa2O5. The van der Waals surface area contributed by atoms with E-state index in [0.717, 1.165) is 32.1 Å². The van der Waals surface area contributed by atoms with Crippen molar-refractivity contribution in [3.63, 3.8) is 0 Å². The van der Waals surface area contributed by atoms with Crippen molar-refractivity contribution in [2.45, 2.75) is 58.3 Å². The van der Waals surface area contributed by atoms with Gasteiger partial charge in [-0.2, -0.15) is 0 Å².